The van der Waals surface area contributed by atoms with Crippen LogP contribution in [0.15, 0.2) is 18.2 Å². The van der Waals surface area contributed by atoms with E-state index in [2.05, 4.69) is 15.2 Å². The van der Waals surface area contributed by atoms with Gasteiger partial charge in [-0.1, -0.05) is 11.6 Å². The Bertz CT molecular complexity index is 716. The van der Waals surface area contributed by atoms with Crippen molar-refractivity contribution >= 4 is 17.5 Å². The van der Waals surface area contributed by atoms with Gasteiger partial charge in [-0.3, -0.25) is 9.89 Å². The van der Waals surface area contributed by atoms with Gasteiger partial charge >= 0.3 is 0 Å². The second-order valence-corrected chi connectivity index (χ2v) is 6.05. The van der Waals surface area contributed by atoms with Gasteiger partial charge in [0.25, 0.3) is 5.91 Å². The third kappa shape index (κ3) is 3.17. The second-order valence-electron chi connectivity index (χ2n) is 5.64. The molecule has 7 heteroatoms. The highest BCUT2D eigenvalue weighted by atomic mass is 35.5. The van der Waals surface area contributed by atoms with Crippen molar-refractivity contribution in [1.82, 2.24) is 20.1 Å². The number of H-pyrrole nitrogens is 1. The topological polar surface area (TPSA) is 71.1 Å². The molecule has 122 valence electrons. The van der Waals surface area contributed by atoms with E-state index >= 15 is 0 Å². The lowest BCUT2D eigenvalue weighted by molar-refractivity contribution is 0.0600. The van der Waals surface area contributed by atoms with Crippen LogP contribution in [0.5, 0.6) is 5.75 Å². The number of rotatable bonds is 3. The number of benzene rings is 1. The van der Waals surface area contributed by atoms with Crippen molar-refractivity contribution in [2.75, 3.05) is 13.7 Å². The average Bonchev–Trinajstić information content (AvgIpc) is 3.01. The summed E-state index contributed by atoms with van der Waals surface area (Å²) in [6.07, 6.45) is 2.91. The number of aromatic nitrogens is 3. The summed E-state index contributed by atoms with van der Waals surface area (Å²) in [4.78, 5) is 19.2. The van der Waals surface area contributed by atoms with Gasteiger partial charge in [-0.15, -0.1) is 0 Å². The Morgan fingerprint density at radius 3 is 2.96 bits per heavy atom. The Balaban J connectivity index is 1.89. The van der Waals surface area contributed by atoms with Gasteiger partial charge < -0.3 is 9.64 Å². The number of hydrogen-bond acceptors (Lipinski definition) is 4. The highest BCUT2D eigenvalue weighted by molar-refractivity contribution is 6.32. The van der Waals surface area contributed by atoms with E-state index < -0.39 is 0 Å². The van der Waals surface area contributed by atoms with Crippen LogP contribution in [0, 0.1) is 6.92 Å². The standard InChI is InChI=1S/C16H19ClN4O2/c1-10-18-15(20-19-10)13-5-3-4-8-21(13)16(22)11-6-7-12(17)14(9-11)23-2/h6-7,9,13H,3-5,8H2,1-2H3,(H,18,19,20)/t13-/m0/s1. The highest BCUT2D eigenvalue weighted by Crippen LogP contribution is 2.32. The number of hydrogen-bond donors (Lipinski definition) is 1. The molecule has 3 rings (SSSR count). The van der Waals surface area contributed by atoms with Crippen molar-refractivity contribution in [1.29, 1.82) is 0 Å². The zero-order valence-electron chi connectivity index (χ0n) is 13.2. The number of aryl methyl sites for hydroxylation is 1. The average molecular weight is 335 g/mol. The number of nitrogens with one attached hydrogen (secondary N) is 1. The first-order valence-corrected chi connectivity index (χ1v) is 8.01. The van der Waals surface area contributed by atoms with Gasteiger partial charge in [-0.2, -0.15) is 5.10 Å². The number of ether oxygens (including phenoxy) is 1. The molecule has 2 heterocycles. The maximum Gasteiger partial charge on any atom is 0.254 e. The van der Waals surface area contributed by atoms with Crippen LogP contribution < -0.4 is 4.74 Å². The summed E-state index contributed by atoms with van der Waals surface area (Å²) >= 11 is 6.04. The lowest BCUT2D eigenvalue weighted by atomic mass is 10.00. The molecule has 6 nitrogen and oxygen atoms in total. The molecule has 0 bridgehead atoms. The zero-order chi connectivity index (χ0) is 16.4. The largest absolute Gasteiger partial charge is 0.495 e. The van der Waals surface area contributed by atoms with Gasteiger partial charge in [0, 0.05) is 12.1 Å². The van der Waals surface area contributed by atoms with Gasteiger partial charge in [0.2, 0.25) is 0 Å². The number of nitrogens with zero attached hydrogens (tertiary/aromatic N) is 3. The van der Waals surface area contributed by atoms with E-state index in [1.165, 1.54) is 7.11 Å². The third-order valence-corrected chi connectivity index (χ3v) is 4.39. The van der Waals surface area contributed by atoms with Crippen molar-refractivity contribution in [3.05, 3.63) is 40.4 Å². The highest BCUT2D eigenvalue weighted by Gasteiger charge is 2.31. The quantitative estimate of drug-likeness (QED) is 0.936. The number of methoxy groups -OCH3 is 1. The van der Waals surface area contributed by atoms with Crippen LogP contribution in [-0.2, 0) is 0 Å². The zero-order valence-corrected chi connectivity index (χ0v) is 13.9. The lowest BCUT2D eigenvalue weighted by Gasteiger charge is -2.34. The molecule has 1 aliphatic heterocycles. The monoisotopic (exact) mass is 334 g/mol. The summed E-state index contributed by atoms with van der Waals surface area (Å²) < 4.78 is 5.21. The number of aromatic amines is 1. The molecule has 1 N–H and O–H groups in total. The van der Waals surface area contributed by atoms with Crippen molar-refractivity contribution < 1.29 is 9.53 Å². The van der Waals surface area contributed by atoms with E-state index in [0.29, 0.717) is 28.7 Å². The summed E-state index contributed by atoms with van der Waals surface area (Å²) in [5.74, 6) is 1.88. The molecule has 1 saturated heterocycles. The van der Waals surface area contributed by atoms with Crippen LogP contribution in [0.25, 0.3) is 0 Å². The molecule has 1 fully saturated rings. The molecule has 0 spiro atoms. The third-order valence-electron chi connectivity index (χ3n) is 4.07. The Morgan fingerprint density at radius 2 is 2.26 bits per heavy atom. The smallest absolute Gasteiger partial charge is 0.254 e. The van der Waals surface area contributed by atoms with Crippen molar-refractivity contribution in [3.8, 4) is 5.75 Å². The first kappa shape index (κ1) is 15.8. The fourth-order valence-electron chi connectivity index (χ4n) is 2.91. The predicted molar refractivity (Wildman–Crippen MR) is 86.8 cm³/mol. The van der Waals surface area contributed by atoms with Crippen LogP contribution in [0.3, 0.4) is 0 Å². The maximum absolute atomic E-state index is 12.9. The minimum absolute atomic E-state index is 0.0490. The second kappa shape index (κ2) is 6.58. The summed E-state index contributed by atoms with van der Waals surface area (Å²) in [6, 6.07) is 4.99. The number of amides is 1. The summed E-state index contributed by atoms with van der Waals surface area (Å²) in [5.41, 5.74) is 0.561. The Morgan fingerprint density at radius 1 is 1.43 bits per heavy atom. The molecule has 0 aliphatic carbocycles. The van der Waals surface area contributed by atoms with Crippen LogP contribution >= 0.6 is 11.6 Å². The number of piperidine rings is 1. The van der Waals surface area contributed by atoms with Crippen LogP contribution in [0.1, 0.15) is 47.3 Å². The minimum Gasteiger partial charge on any atom is -0.495 e. The molecule has 23 heavy (non-hydrogen) atoms. The molecule has 2 aromatic rings. The van der Waals surface area contributed by atoms with Gasteiger partial charge in [0.05, 0.1) is 18.2 Å². The minimum atomic E-state index is -0.0946. The van der Waals surface area contributed by atoms with Crippen molar-refractivity contribution in [2.45, 2.75) is 32.2 Å². The van der Waals surface area contributed by atoms with E-state index in [9.17, 15) is 4.79 Å². The Kier molecular flexibility index (Phi) is 4.52. The summed E-state index contributed by atoms with van der Waals surface area (Å²) in [5, 5.41) is 7.58. The molecule has 1 atom stereocenters. The summed E-state index contributed by atoms with van der Waals surface area (Å²) in [7, 11) is 1.54. The molecule has 1 amide bonds. The number of likely N-dealkylation sites (tertiary alicyclic amines) is 1. The van der Waals surface area contributed by atoms with Gasteiger partial charge in [-0.05, 0) is 44.4 Å². The molecule has 1 aliphatic rings. The first-order chi connectivity index (χ1) is 11.1. The van der Waals surface area contributed by atoms with Gasteiger partial charge in [-0.25, -0.2) is 4.98 Å². The normalized spacial score (nSPS) is 18.0. The molecule has 1 aromatic carbocycles. The molecular formula is C16H19ClN4O2. The van der Waals surface area contributed by atoms with E-state index in [1.54, 1.807) is 18.2 Å². The SMILES string of the molecule is COc1cc(C(=O)N2CCCC[C@H]2c2n[nH]c(C)n2)ccc1Cl. The molecule has 0 saturated carbocycles. The van der Waals surface area contributed by atoms with E-state index in [4.69, 9.17) is 16.3 Å². The van der Waals surface area contributed by atoms with E-state index in [1.807, 2.05) is 11.8 Å². The predicted octanol–water partition coefficient (Wildman–Crippen LogP) is 3.14. The van der Waals surface area contributed by atoms with Crippen LogP contribution in [0.4, 0.5) is 0 Å². The molecule has 0 unspecified atom stereocenters. The number of carbonyl (C=O) groups excluding carboxylic acids is 1. The van der Waals surface area contributed by atoms with E-state index in [-0.39, 0.29) is 11.9 Å². The summed E-state index contributed by atoms with van der Waals surface area (Å²) in [6.45, 7) is 2.55. The van der Waals surface area contributed by atoms with Crippen molar-refractivity contribution in [3.63, 3.8) is 0 Å². The number of halogens is 1. The first-order valence-electron chi connectivity index (χ1n) is 7.63. The molecular weight excluding hydrogens is 316 g/mol. The maximum atomic E-state index is 12.9. The van der Waals surface area contributed by atoms with Crippen LogP contribution in [-0.4, -0.2) is 39.6 Å². The Hall–Kier alpha value is -2.08. The van der Waals surface area contributed by atoms with Crippen LogP contribution in [0.2, 0.25) is 5.02 Å². The van der Waals surface area contributed by atoms with Gasteiger partial charge in [0.15, 0.2) is 5.82 Å². The molecule has 1 aromatic heterocycles. The number of carbonyl (C=O) groups is 1. The fraction of sp³-hybridized carbons (Fsp3) is 0.438. The van der Waals surface area contributed by atoms with Gasteiger partial charge in [0.1, 0.15) is 11.6 Å². The molecule has 0 radical (unpaired) electrons. The van der Waals surface area contributed by atoms with E-state index in [0.717, 1.165) is 25.1 Å². The fourth-order valence-corrected chi connectivity index (χ4v) is 3.11. The van der Waals surface area contributed by atoms with Crippen molar-refractivity contribution in [2.24, 2.45) is 0 Å². The Labute approximate surface area is 139 Å². The lowest BCUT2D eigenvalue weighted by Crippen LogP contribution is -2.39.